The van der Waals surface area contributed by atoms with Crippen LogP contribution in [0.3, 0.4) is 0 Å². The van der Waals surface area contributed by atoms with Crippen LogP contribution in [0.1, 0.15) is 12.8 Å². The number of fused-ring (bicyclic) bond motifs is 4. The normalized spacial score (nSPS) is 21.2. The summed E-state index contributed by atoms with van der Waals surface area (Å²) in [6, 6.07) is 11.6. The van der Waals surface area contributed by atoms with Gasteiger partial charge in [0.1, 0.15) is 6.54 Å². The van der Waals surface area contributed by atoms with Crippen LogP contribution < -0.4 is 4.90 Å². The Morgan fingerprint density at radius 2 is 1.83 bits per heavy atom. The smallest absolute Gasteiger partial charge is 0.246 e. The van der Waals surface area contributed by atoms with Crippen LogP contribution in [0.5, 0.6) is 0 Å². The lowest BCUT2D eigenvalue weighted by atomic mass is 9.95. The molecule has 1 amide bonds. The molecule has 29 heavy (non-hydrogen) atoms. The maximum atomic E-state index is 13.0. The second-order valence-corrected chi connectivity index (χ2v) is 7.61. The zero-order valence-electron chi connectivity index (χ0n) is 16.0. The monoisotopic (exact) mass is 390 g/mol. The van der Waals surface area contributed by atoms with E-state index in [-0.39, 0.29) is 18.5 Å². The molecule has 0 N–H and O–H groups in total. The highest BCUT2D eigenvalue weighted by Gasteiger charge is 2.38. The fourth-order valence-corrected chi connectivity index (χ4v) is 4.23. The maximum Gasteiger partial charge on any atom is 0.246 e. The molecule has 3 fully saturated rings. The number of tetrazole rings is 1. The number of nitrogens with zero attached hydrogens (tertiary/aromatic N) is 8. The van der Waals surface area contributed by atoms with Gasteiger partial charge < -0.3 is 9.80 Å². The number of carbonyl (C=O) groups excluding carboxylic acids is 1. The Labute approximate surface area is 168 Å². The Morgan fingerprint density at radius 1 is 1.00 bits per heavy atom. The van der Waals surface area contributed by atoms with Gasteiger partial charge in [0.05, 0.1) is 0 Å². The van der Waals surface area contributed by atoms with E-state index >= 15 is 0 Å². The molecule has 2 bridgehead atoms. The first-order valence-electron chi connectivity index (χ1n) is 9.91. The lowest BCUT2D eigenvalue weighted by Crippen LogP contribution is -2.48. The highest BCUT2D eigenvalue weighted by atomic mass is 16.2. The highest BCUT2D eigenvalue weighted by Crippen LogP contribution is 2.29. The van der Waals surface area contributed by atoms with Gasteiger partial charge >= 0.3 is 0 Å². The molecule has 3 saturated heterocycles. The van der Waals surface area contributed by atoms with Crippen LogP contribution in [-0.2, 0) is 11.3 Å². The minimum Gasteiger partial charge on any atom is -0.338 e. The topological polar surface area (TPSA) is 92.9 Å². The van der Waals surface area contributed by atoms with Gasteiger partial charge in [-0.25, -0.2) is 9.97 Å². The molecule has 3 aromatic rings. The number of amides is 1. The molecule has 0 spiro atoms. The molecule has 2 aromatic heterocycles. The first kappa shape index (κ1) is 17.7. The zero-order valence-corrected chi connectivity index (χ0v) is 16.0. The van der Waals surface area contributed by atoms with E-state index in [0.717, 1.165) is 44.0 Å². The first-order valence-corrected chi connectivity index (χ1v) is 9.91. The largest absolute Gasteiger partial charge is 0.338 e. The molecular formula is C20H22N8O. The van der Waals surface area contributed by atoms with Gasteiger partial charge in [-0.15, -0.1) is 10.2 Å². The third kappa shape index (κ3) is 3.67. The molecule has 0 unspecified atom stereocenters. The summed E-state index contributed by atoms with van der Waals surface area (Å²) >= 11 is 0. The third-order valence-corrected chi connectivity index (χ3v) is 5.63. The zero-order chi connectivity index (χ0) is 19.6. The summed E-state index contributed by atoms with van der Waals surface area (Å²) in [5.41, 5.74) is 0.888. The molecule has 148 valence electrons. The number of carbonyl (C=O) groups is 1. The van der Waals surface area contributed by atoms with E-state index in [1.807, 2.05) is 41.3 Å². The van der Waals surface area contributed by atoms with Gasteiger partial charge in [0.15, 0.2) is 0 Å². The van der Waals surface area contributed by atoms with E-state index in [1.165, 1.54) is 4.80 Å². The van der Waals surface area contributed by atoms with Crippen molar-refractivity contribution in [3.8, 4) is 11.4 Å². The van der Waals surface area contributed by atoms with Crippen LogP contribution >= 0.6 is 0 Å². The highest BCUT2D eigenvalue weighted by molar-refractivity contribution is 5.76. The lowest BCUT2D eigenvalue weighted by molar-refractivity contribution is -0.136. The second kappa shape index (κ2) is 7.57. The Kier molecular flexibility index (Phi) is 4.63. The minimum absolute atomic E-state index is 0.0348. The van der Waals surface area contributed by atoms with Gasteiger partial charge in [0.2, 0.25) is 17.7 Å². The summed E-state index contributed by atoms with van der Waals surface area (Å²) in [5.74, 6) is 1.73. The molecule has 0 radical (unpaired) electrons. The summed E-state index contributed by atoms with van der Waals surface area (Å²) in [4.78, 5) is 27.4. The fraction of sp³-hybridized carbons (Fsp3) is 0.400. The van der Waals surface area contributed by atoms with Crippen LogP contribution in [0.2, 0.25) is 0 Å². The molecule has 0 saturated carbocycles. The number of aromatic nitrogens is 6. The predicted molar refractivity (Wildman–Crippen MR) is 106 cm³/mol. The predicted octanol–water partition coefficient (Wildman–Crippen LogP) is 1.26. The molecule has 5 heterocycles. The van der Waals surface area contributed by atoms with Crippen molar-refractivity contribution in [2.45, 2.75) is 25.4 Å². The summed E-state index contributed by atoms with van der Waals surface area (Å²) in [6.07, 6.45) is 5.65. The number of rotatable bonds is 4. The second-order valence-electron chi connectivity index (χ2n) is 7.61. The van der Waals surface area contributed by atoms with E-state index < -0.39 is 0 Å². The maximum absolute atomic E-state index is 13.0. The SMILES string of the molecule is O=C(Cn1nnc(-c2ccccc2)n1)N1C[C@H]2CC[C@@H]1CN(c1ncccn1)C2. The fourth-order valence-electron chi connectivity index (χ4n) is 4.23. The van der Waals surface area contributed by atoms with E-state index in [9.17, 15) is 4.79 Å². The third-order valence-electron chi connectivity index (χ3n) is 5.63. The van der Waals surface area contributed by atoms with Crippen molar-refractivity contribution in [1.29, 1.82) is 0 Å². The van der Waals surface area contributed by atoms with Crippen molar-refractivity contribution in [3.05, 3.63) is 48.8 Å². The van der Waals surface area contributed by atoms with Gasteiger partial charge in [0, 0.05) is 43.6 Å². The Bertz CT molecular complexity index is 976. The average molecular weight is 390 g/mol. The first-order chi connectivity index (χ1) is 14.3. The molecule has 1 aromatic carbocycles. The molecule has 0 aliphatic carbocycles. The van der Waals surface area contributed by atoms with Crippen molar-refractivity contribution in [1.82, 2.24) is 35.1 Å². The minimum atomic E-state index is 0.0348. The standard InChI is InChI=1S/C20H22N8O/c29-18(14-28-24-19(23-25-28)16-5-2-1-3-6-16)27-12-15-7-8-17(27)13-26(11-15)20-21-9-4-10-22-20/h1-6,9-10,15,17H,7-8,11-14H2/t15-,17+/m0/s1. The number of hydrogen-bond donors (Lipinski definition) is 0. The summed E-state index contributed by atoms with van der Waals surface area (Å²) in [6.45, 7) is 2.49. The van der Waals surface area contributed by atoms with E-state index in [1.54, 1.807) is 12.4 Å². The van der Waals surface area contributed by atoms with E-state index in [0.29, 0.717) is 11.7 Å². The Morgan fingerprint density at radius 3 is 2.66 bits per heavy atom. The average Bonchev–Trinajstić information content (AvgIpc) is 3.03. The van der Waals surface area contributed by atoms with Crippen LogP contribution in [0.15, 0.2) is 48.8 Å². The quantitative estimate of drug-likeness (QED) is 0.662. The number of piperidine rings is 1. The summed E-state index contributed by atoms with van der Waals surface area (Å²) < 4.78 is 0. The molecule has 3 aliphatic heterocycles. The Balaban J connectivity index is 1.29. The van der Waals surface area contributed by atoms with Gasteiger partial charge in [-0.05, 0) is 30.0 Å². The van der Waals surface area contributed by atoms with Crippen molar-refractivity contribution < 1.29 is 4.79 Å². The van der Waals surface area contributed by atoms with Gasteiger partial charge in [-0.2, -0.15) is 4.80 Å². The van der Waals surface area contributed by atoms with Crippen LogP contribution in [0.25, 0.3) is 11.4 Å². The molecule has 6 rings (SSSR count). The van der Waals surface area contributed by atoms with Crippen molar-refractivity contribution in [2.24, 2.45) is 5.92 Å². The lowest BCUT2D eigenvalue weighted by Gasteiger charge is -2.35. The number of benzene rings is 1. The van der Waals surface area contributed by atoms with Crippen LogP contribution in [0.4, 0.5) is 5.95 Å². The van der Waals surface area contributed by atoms with Crippen LogP contribution in [0, 0.1) is 5.92 Å². The molecule has 9 heteroatoms. The molecular weight excluding hydrogens is 368 g/mol. The van der Waals surface area contributed by atoms with Gasteiger partial charge in [-0.1, -0.05) is 30.3 Å². The number of anilines is 1. The van der Waals surface area contributed by atoms with Crippen molar-refractivity contribution in [3.63, 3.8) is 0 Å². The Hall–Kier alpha value is -3.36. The molecule has 2 atom stereocenters. The van der Waals surface area contributed by atoms with Crippen molar-refractivity contribution in [2.75, 3.05) is 24.5 Å². The summed E-state index contributed by atoms with van der Waals surface area (Å²) in [5, 5.41) is 12.5. The molecule has 3 aliphatic rings. The van der Waals surface area contributed by atoms with E-state index in [2.05, 4.69) is 30.3 Å². The molecule has 9 nitrogen and oxygen atoms in total. The summed E-state index contributed by atoms with van der Waals surface area (Å²) in [7, 11) is 0. The van der Waals surface area contributed by atoms with Gasteiger partial charge in [0.25, 0.3) is 0 Å². The van der Waals surface area contributed by atoms with E-state index in [4.69, 9.17) is 0 Å². The van der Waals surface area contributed by atoms with Gasteiger partial charge in [-0.3, -0.25) is 4.79 Å². The number of hydrogen-bond acceptors (Lipinski definition) is 7. The van der Waals surface area contributed by atoms with Crippen molar-refractivity contribution >= 4 is 11.9 Å². The van der Waals surface area contributed by atoms with Crippen LogP contribution in [-0.4, -0.2) is 66.7 Å².